The van der Waals surface area contributed by atoms with Gasteiger partial charge in [0.25, 0.3) is 11.8 Å². The van der Waals surface area contributed by atoms with E-state index in [1.54, 1.807) is 12.1 Å². The lowest BCUT2D eigenvalue weighted by atomic mass is 10.1. The summed E-state index contributed by atoms with van der Waals surface area (Å²) in [5, 5.41) is 2.61. The van der Waals surface area contributed by atoms with Gasteiger partial charge in [-0.05, 0) is 37.7 Å². The summed E-state index contributed by atoms with van der Waals surface area (Å²) in [5.41, 5.74) is 0.663. The molecule has 1 aromatic heterocycles. The Bertz CT molecular complexity index is 795. The van der Waals surface area contributed by atoms with E-state index >= 15 is 0 Å². The van der Waals surface area contributed by atoms with Crippen molar-refractivity contribution < 1.29 is 9.59 Å². The van der Waals surface area contributed by atoms with E-state index in [0.717, 1.165) is 6.42 Å². The fourth-order valence-corrected chi connectivity index (χ4v) is 2.94. The van der Waals surface area contributed by atoms with Gasteiger partial charge in [0, 0.05) is 24.3 Å². The summed E-state index contributed by atoms with van der Waals surface area (Å²) >= 11 is 10.5. The minimum atomic E-state index is -0.515. The summed E-state index contributed by atoms with van der Waals surface area (Å²) in [6.45, 7) is 7.97. The van der Waals surface area contributed by atoms with Crippen molar-refractivity contribution in [2.45, 2.75) is 26.3 Å². The van der Waals surface area contributed by atoms with Crippen LogP contribution in [0.2, 0.25) is 0 Å². The number of hydrogen-bond acceptors (Lipinski definition) is 4. The average molecular weight is 361 g/mol. The Kier molecular flexibility index (Phi) is 5.80. The molecule has 1 fully saturated rings. The van der Waals surface area contributed by atoms with E-state index in [-0.39, 0.29) is 23.3 Å². The van der Waals surface area contributed by atoms with Gasteiger partial charge in [-0.25, -0.2) is 0 Å². The summed E-state index contributed by atoms with van der Waals surface area (Å²) in [6.07, 6.45) is 5.91. The van der Waals surface area contributed by atoms with Crippen molar-refractivity contribution in [2.24, 2.45) is 0 Å². The zero-order valence-electron chi connectivity index (χ0n) is 13.6. The quantitative estimate of drug-likeness (QED) is 0.379. The van der Waals surface area contributed by atoms with Gasteiger partial charge in [0.1, 0.15) is 10.2 Å². The molecule has 1 N–H and O–H groups in total. The van der Waals surface area contributed by atoms with Crippen molar-refractivity contribution in [1.82, 2.24) is 14.8 Å². The molecule has 0 aromatic carbocycles. The smallest absolute Gasteiger partial charge is 0.265 e. The number of aromatic nitrogens is 1. The van der Waals surface area contributed by atoms with Crippen LogP contribution in [0.15, 0.2) is 36.6 Å². The van der Waals surface area contributed by atoms with Crippen LogP contribution in [0.4, 0.5) is 0 Å². The Morgan fingerprint density at radius 2 is 2.08 bits per heavy atom. The fraction of sp³-hybridized carbons (Fsp3) is 0.294. The van der Waals surface area contributed by atoms with Gasteiger partial charge in [0.05, 0.1) is 0 Å². The predicted molar refractivity (Wildman–Crippen MR) is 101 cm³/mol. The molecule has 5 nitrogen and oxygen atoms in total. The van der Waals surface area contributed by atoms with Crippen LogP contribution in [0.3, 0.4) is 0 Å². The van der Waals surface area contributed by atoms with E-state index in [9.17, 15) is 9.59 Å². The molecule has 1 atom stereocenters. The van der Waals surface area contributed by atoms with Crippen LogP contribution in [0.1, 0.15) is 31.9 Å². The molecule has 1 unspecified atom stereocenters. The largest absolute Gasteiger partial charge is 0.336 e. The van der Waals surface area contributed by atoms with E-state index in [0.29, 0.717) is 10.2 Å². The minimum absolute atomic E-state index is 0.0125. The Balaban J connectivity index is 2.48. The normalized spacial score (nSPS) is 17.8. The van der Waals surface area contributed by atoms with Crippen LogP contribution < -0.4 is 5.32 Å². The van der Waals surface area contributed by atoms with Crippen molar-refractivity contribution in [2.75, 3.05) is 6.54 Å². The van der Waals surface area contributed by atoms with E-state index in [4.69, 9.17) is 24.4 Å². The first-order chi connectivity index (χ1) is 11.4. The minimum Gasteiger partial charge on any atom is -0.336 e. The second-order valence-electron chi connectivity index (χ2n) is 5.45. The summed E-state index contributed by atoms with van der Waals surface area (Å²) in [6, 6.07) is 3.88. The van der Waals surface area contributed by atoms with Gasteiger partial charge < -0.3 is 4.57 Å². The number of thiocarbonyl (C=S) groups is 1. The maximum Gasteiger partial charge on any atom is 0.265 e. The molecule has 1 aromatic rings. The summed E-state index contributed by atoms with van der Waals surface area (Å²) in [4.78, 5) is 26.0. The van der Waals surface area contributed by atoms with Crippen molar-refractivity contribution in [3.8, 4) is 0 Å². The number of carbonyl (C=O) groups excluding carboxylic acids is 2. The van der Waals surface area contributed by atoms with Gasteiger partial charge >= 0.3 is 0 Å². The highest BCUT2D eigenvalue weighted by molar-refractivity contribution is 7.80. The van der Waals surface area contributed by atoms with E-state index in [1.165, 1.54) is 11.0 Å². The summed E-state index contributed by atoms with van der Waals surface area (Å²) in [5.74, 6) is -0.962. The Morgan fingerprint density at radius 1 is 1.38 bits per heavy atom. The highest BCUT2D eigenvalue weighted by atomic mass is 32.1. The van der Waals surface area contributed by atoms with Crippen LogP contribution >= 0.6 is 24.4 Å². The lowest BCUT2D eigenvalue weighted by Gasteiger charge is -2.27. The third-order valence-electron chi connectivity index (χ3n) is 3.87. The highest BCUT2D eigenvalue weighted by Crippen LogP contribution is 2.18. The van der Waals surface area contributed by atoms with Crippen LogP contribution in [-0.2, 0) is 9.59 Å². The van der Waals surface area contributed by atoms with Gasteiger partial charge in [-0.2, -0.15) is 0 Å². The molecule has 1 aliphatic heterocycles. The van der Waals surface area contributed by atoms with E-state index in [2.05, 4.69) is 25.7 Å². The molecule has 0 bridgehead atoms. The maximum absolute atomic E-state index is 12.5. The van der Waals surface area contributed by atoms with E-state index in [1.807, 2.05) is 16.8 Å². The van der Waals surface area contributed by atoms with Crippen LogP contribution in [0, 0.1) is 4.64 Å². The number of rotatable bonds is 5. The fourth-order valence-electron chi connectivity index (χ4n) is 2.33. The standard InChI is InChI=1S/C17H19N3O2S2/c1-4-8-20-15(22)13(14(21)18-17(20)24)10-12-7-6-9-19(16(12)23)11(3)5-2/h4,6-7,9-11H,1,5,8H2,2-3H3,(H,18,21,24). The first-order valence-corrected chi connectivity index (χ1v) is 8.43. The number of hydrogen-bond donors (Lipinski definition) is 1. The SMILES string of the molecule is C=CCN1C(=O)C(=Cc2cccn(C(C)CC)c2=S)C(=O)NC1=S. The number of pyridine rings is 1. The molecule has 0 spiro atoms. The molecule has 24 heavy (non-hydrogen) atoms. The number of nitrogens with one attached hydrogen (secondary N) is 1. The average Bonchev–Trinajstić information content (AvgIpc) is 2.56. The zero-order chi connectivity index (χ0) is 17.9. The van der Waals surface area contributed by atoms with Gasteiger partial charge in [0.2, 0.25) is 0 Å². The van der Waals surface area contributed by atoms with Crippen molar-refractivity contribution in [1.29, 1.82) is 0 Å². The number of nitrogens with zero attached hydrogens (tertiary/aromatic N) is 2. The molecular weight excluding hydrogens is 342 g/mol. The molecule has 1 aliphatic rings. The van der Waals surface area contributed by atoms with Crippen molar-refractivity contribution in [3.05, 3.63) is 46.8 Å². The Labute approximate surface area is 151 Å². The maximum atomic E-state index is 12.5. The van der Waals surface area contributed by atoms with Gasteiger partial charge in [-0.15, -0.1) is 6.58 Å². The van der Waals surface area contributed by atoms with Crippen LogP contribution in [-0.4, -0.2) is 32.9 Å². The molecule has 0 saturated carbocycles. The van der Waals surface area contributed by atoms with Crippen molar-refractivity contribution in [3.63, 3.8) is 0 Å². The molecule has 2 heterocycles. The zero-order valence-corrected chi connectivity index (χ0v) is 15.2. The highest BCUT2D eigenvalue weighted by Gasteiger charge is 2.32. The Morgan fingerprint density at radius 3 is 2.71 bits per heavy atom. The van der Waals surface area contributed by atoms with Crippen molar-refractivity contribution >= 4 is 47.4 Å². The third-order valence-corrected chi connectivity index (χ3v) is 4.64. The topological polar surface area (TPSA) is 54.3 Å². The predicted octanol–water partition coefficient (Wildman–Crippen LogP) is 3.00. The second-order valence-corrected chi connectivity index (χ2v) is 6.23. The number of amides is 2. The molecule has 1 saturated heterocycles. The lowest BCUT2D eigenvalue weighted by Crippen LogP contribution is -2.53. The summed E-state index contributed by atoms with van der Waals surface area (Å²) in [7, 11) is 0. The number of carbonyl (C=O) groups is 2. The molecule has 2 amide bonds. The molecule has 2 rings (SSSR count). The third kappa shape index (κ3) is 3.52. The lowest BCUT2D eigenvalue weighted by molar-refractivity contribution is -0.128. The molecule has 7 heteroatoms. The molecule has 126 valence electrons. The first-order valence-electron chi connectivity index (χ1n) is 7.61. The van der Waals surface area contributed by atoms with Gasteiger partial charge in [-0.1, -0.05) is 31.3 Å². The van der Waals surface area contributed by atoms with Crippen LogP contribution in [0.25, 0.3) is 6.08 Å². The van der Waals surface area contributed by atoms with Gasteiger partial charge in [-0.3, -0.25) is 19.8 Å². The second kappa shape index (κ2) is 7.63. The Hall–Kier alpha value is -2.12. The summed E-state index contributed by atoms with van der Waals surface area (Å²) < 4.78 is 2.54. The van der Waals surface area contributed by atoms with Gasteiger partial charge in [0.15, 0.2) is 5.11 Å². The molecule has 0 radical (unpaired) electrons. The van der Waals surface area contributed by atoms with E-state index < -0.39 is 11.8 Å². The molecular formula is C17H19N3O2S2. The van der Waals surface area contributed by atoms with Crippen LogP contribution in [0.5, 0.6) is 0 Å². The molecule has 0 aliphatic carbocycles. The first kappa shape index (κ1) is 18.2. The monoisotopic (exact) mass is 361 g/mol.